The fraction of sp³-hybridized carbons (Fsp3) is 0.600. The van der Waals surface area contributed by atoms with E-state index in [-0.39, 0.29) is 10.6 Å². The van der Waals surface area contributed by atoms with Crippen molar-refractivity contribution in [2.24, 2.45) is 11.8 Å². The van der Waals surface area contributed by atoms with Gasteiger partial charge in [0.1, 0.15) is 0 Å². The minimum atomic E-state index is -0.307. The van der Waals surface area contributed by atoms with Gasteiger partial charge < -0.3 is 5.32 Å². The molecule has 2 aliphatic rings. The van der Waals surface area contributed by atoms with E-state index in [1.807, 2.05) is 6.07 Å². The Hall–Kier alpha value is -1.46. The van der Waals surface area contributed by atoms with Crippen LogP contribution in [0.1, 0.15) is 24.9 Å². The highest BCUT2D eigenvalue weighted by molar-refractivity contribution is 5.36. The number of benzene rings is 1. The van der Waals surface area contributed by atoms with Crippen LogP contribution < -0.4 is 5.32 Å². The van der Waals surface area contributed by atoms with Crippen LogP contribution in [0, 0.1) is 22.0 Å². The summed E-state index contributed by atoms with van der Waals surface area (Å²) in [5, 5.41) is 14.4. The molecule has 0 spiro atoms. The average molecular weight is 275 g/mol. The molecule has 1 N–H and O–H groups in total. The van der Waals surface area contributed by atoms with Gasteiger partial charge in [-0.1, -0.05) is 19.1 Å². The van der Waals surface area contributed by atoms with E-state index in [1.54, 1.807) is 18.2 Å². The fourth-order valence-electron chi connectivity index (χ4n) is 3.70. The van der Waals surface area contributed by atoms with Crippen LogP contribution in [0.3, 0.4) is 0 Å². The molecule has 3 atom stereocenters. The maximum Gasteiger partial charge on any atom is 0.269 e. The zero-order chi connectivity index (χ0) is 14.1. The molecule has 20 heavy (non-hydrogen) atoms. The van der Waals surface area contributed by atoms with Gasteiger partial charge in [0.25, 0.3) is 5.69 Å². The predicted molar refractivity (Wildman–Crippen MR) is 77.6 cm³/mol. The molecule has 1 aromatic rings. The van der Waals surface area contributed by atoms with E-state index in [0.717, 1.165) is 50.0 Å². The first-order chi connectivity index (χ1) is 9.69. The predicted octanol–water partition coefficient (Wildman–Crippen LogP) is 2.20. The van der Waals surface area contributed by atoms with Gasteiger partial charge >= 0.3 is 0 Å². The van der Waals surface area contributed by atoms with Gasteiger partial charge in [0.2, 0.25) is 0 Å². The molecule has 0 radical (unpaired) electrons. The van der Waals surface area contributed by atoms with Gasteiger partial charge in [-0.2, -0.15) is 0 Å². The minimum Gasteiger partial charge on any atom is -0.316 e. The molecule has 0 aliphatic carbocycles. The van der Waals surface area contributed by atoms with Crippen molar-refractivity contribution >= 4 is 5.69 Å². The van der Waals surface area contributed by atoms with Gasteiger partial charge in [-0.3, -0.25) is 15.0 Å². The second-order valence-corrected chi connectivity index (χ2v) is 5.91. The van der Waals surface area contributed by atoms with E-state index < -0.39 is 0 Å². The lowest BCUT2D eigenvalue weighted by Crippen LogP contribution is -2.29. The molecule has 2 fully saturated rings. The molecule has 0 bridgehead atoms. The molecule has 1 aromatic carbocycles. The number of non-ortho nitro benzene ring substituents is 1. The third-order valence-electron chi connectivity index (χ3n) is 4.71. The zero-order valence-corrected chi connectivity index (χ0v) is 11.8. The third kappa shape index (κ3) is 2.43. The summed E-state index contributed by atoms with van der Waals surface area (Å²) in [6.45, 7) is 6.62. The maximum atomic E-state index is 10.9. The summed E-state index contributed by atoms with van der Waals surface area (Å²) in [6, 6.07) is 7.43. The number of fused-ring (bicyclic) bond motifs is 1. The van der Waals surface area contributed by atoms with Gasteiger partial charge in [0.15, 0.2) is 0 Å². The maximum absolute atomic E-state index is 10.9. The lowest BCUT2D eigenvalue weighted by atomic mass is 10.0. The van der Waals surface area contributed by atoms with Crippen LogP contribution in [-0.2, 0) is 0 Å². The van der Waals surface area contributed by atoms with Crippen molar-refractivity contribution < 1.29 is 4.92 Å². The van der Waals surface area contributed by atoms with Gasteiger partial charge in [-0.05, 0) is 36.9 Å². The third-order valence-corrected chi connectivity index (χ3v) is 4.71. The smallest absolute Gasteiger partial charge is 0.269 e. The SMILES string of the molecule is CCC(c1cccc([N+](=O)[O-])c1)N1C[C@H]2CNC[C@H]2C1. The minimum absolute atomic E-state index is 0.196. The average Bonchev–Trinajstić information content (AvgIpc) is 3.01. The Labute approximate surface area is 119 Å². The summed E-state index contributed by atoms with van der Waals surface area (Å²) in [7, 11) is 0. The Kier molecular flexibility index (Phi) is 3.72. The molecular weight excluding hydrogens is 254 g/mol. The standard InChI is InChI=1S/C15H21N3O2/c1-2-15(11-4-3-5-14(6-11)18(19)20)17-9-12-7-16-8-13(12)10-17/h3-6,12-13,15-16H,2,7-10H2,1H3/t12-,13+,15?. The molecule has 3 rings (SSSR count). The number of nitrogens with one attached hydrogen (secondary N) is 1. The summed E-state index contributed by atoms with van der Waals surface area (Å²) in [6.07, 6.45) is 0.994. The van der Waals surface area contributed by atoms with Gasteiger partial charge in [0.05, 0.1) is 4.92 Å². The number of rotatable bonds is 4. The topological polar surface area (TPSA) is 58.4 Å². The molecule has 5 heteroatoms. The molecule has 0 amide bonds. The largest absolute Gasteiger partial charge is 0.316 e. The number of hydrogen-bond acceptors (Lipinski definition) is 4. The second-order valence-electron chi connectivity index (χ2n) is 5.91. The van der Waals surface area contributed by atoms with Crippen LogP contribution >= 0.6 is 0 Å². The van der Waals surface area contributed by atoms with Crippen LogP contribution in [0.4, 0.5) is 5.69 Å². The van der Waals surface area contributed by atoms with E-state index in [9.17, 15) is 10.1 Å². The van der Waals surface area contributed by atoms with Crippen LogP contribution in [0.5, 0.6) is 0 Å². The van der Waals surface area contributed by atoms with E-state index in [1.165, 1.54) is 0 Å². The highest BCUT2D eigenvalue weighted by Crippen LogP contribution is 2.35. The molecule has 108 valence electrons. The lowest BCUT2D eigenvalue weighted by molar-refractivity contribution is -0.385. The summed E-state index contributed by atoms with van der Waals surface area (Å²) in [4.78, 5) is 13.1. The number of nitrogens with zero attached hydrogens (tertiary/aromatic N) is 2. The first kappa shape index (κ1) is 13.5. The van der Waals surface area contributed by atoms with Crippen molar-refractivity contribution in [3.05, 3.63) is 39.9 Å². The van der Waals surface area contributed by atoms with E-state index >= 15 is 0 Å². The molecule has 0 saturated carbocycles. The quantitative estimate of drug-likeness (QED) is 0.676. The number of hydrogen-bond donors (Lipinski definition) is 1. The van der Waals surface area contributed by atoms with Gasteiger partial charge in [-0.25, -0.2) is 0 Å². The fourth-order valence-corrected chi connectivity index (χ4v) is 3.70. The first-order valence-corrected chi connectivity index (χ1v) is 7.38. The highest BCUT2D eigenvalue weighted by Gasteiger charge is 2.38. The van der Waals surface area contributed by atoms with Crippen LogP contribution in [0.15, 0.2) is 24.3 Å². The van der Waals surface area contributed by atoms with Crippen LogP contribution in [0.2, 0.25) is 0 Å². The van der Waals surface area contributed by atoms with Crippen molar-refractivity contribution in [2.45, 2.75) is 19.4 Å². The molecule has 2 heterocycles. The van der Waals surface area contributed by atoms with Crippen LogP contribution in [-0.4, -0.2) is 36.0 Å². The molecule has 2 saturated heterocycles. The van der Waals surface area contributed by atoms with Crippen molar-refractivity contribution in [1.82, 2.24) is 10.2 Å². The van der Waals surface area contributed by atoms with Crippen LogP contribution in [0.25, 0.3) is 0 Å². The zero-order valence-electron chi connectivity index (χ0n) is 11.8. The van der Waals surface area contributed by atoms with Gasteiger partial charge in [-0.15, -0.1) is 0 Å². The Morgan fingerprint density at radius 3 is 2.70 bits per heavy atom. The summed E-state index contributed by atoms with van der Waals surface area (Å²) in [5.74, 6) is 1.51. The van der Waals surface area contributed by atoms with Crippen molar-refractivity contribution in [1.29, 1.82) is 0 Å². The van der Waals surface area contributed by atoms with Crippen molar-refractivity contribution in [3.63, 3.8) is 0 Å². The molecular formula is C15H21N3O2. The number of likely N-dealkylation sites (tertiary alicyclic amines) is 1. The Morgan fingerprint density at radius 1 is 1.40 bits per heavy atom. The summed E-state index contributed by atoms with van der Waals surface area (Å²) in [5.41, 5.74) is 1.27. The second kappa shape index (κ2) is 5.50. The Balaban J connectivity index is 1.80. The highest BCUT2D eigenvalue weighted by atomic mass is 16.6. The normalized spacial score (nSPS) is 27.4. The van der Waals surface area contributed by atoms with E-state index in [4.69, 9.17) is 0 Å². The Morgan fingerprint density at radius 2 is 2.10 bits per heavy atom. The summed E-state index contributed by atoms with van der Waals surface area (Å²) < 4.78 is 0. The Bertz CT molecular complexity index is 494. The number of nitro groups is 1. The summed E-state index contributed by atoms with van der Waals surface area (Å²) >= 11 is 0. The number of nitro benzene ring substituents is 1. The van der Waals surface area contributed by atoms with E-state index in [2.05, 4.69) is 17.1 Å². The van der Waals surface area contributed by atoms with Gasteiger partial charge in [0, 0.05) is 31.3 Å². The molecule has 2 aliphatic heterocycles. The molecule has 1 unspecified atom stereocenters. The molecule has 0 aromatic heterocycles. The first-order valence-electron chi connectivity index (χ1n) is 7.38. The van der Waals surface area contributed by atoms with E-state index in [0.29, 0.717) is 6.04 Å². The monoisotopic (exact) mass is 275 g/mol. The molecule has 5 nitrogen and oxygen atoms in total. The van der Waals surface area contributed by atoms with Crippen molar-refractivity contribution in [2.75, 3.05) is 26.2 Å². The van der Waals surface area contributed by atoms with Crippen molar-refractivity contribution in [3.8, 4) is 0 Å². The lowest BCUT2D eigenvalue weighted by Gasteiger charge is -2.28.